The van der Waals surface area contributed by atoms with Crippen molar-refractivity contribution in [3.05, 3.63) is 65.4 Å². The van der Waals surface area contributed by atoms with Gasteiger partial charge in [0.25, 0.3) is 11.8 Å². The Kier molecular flexibility index (Phi) is 5.74. The van der Waals surface area contributed by atoms with Crippen LogP contribution in [0.4, 0.5) is 5.69 Å². The Morgan fingerprint density at radius 1 is 1.04 bits per heavy atom. The monoisotopic (exact) mass is 378 g/mol. The highest BCUT2D eigenvalue weighted by atomic mass is 16.5. The molecule has 0 spiro atoms. The van der Waals surface area contributed by atoms with Gasteiger partial charge in [0, 0.05) is 11.1 Å². The SMILES string of the molecule is COc1ccccc1NCC(=O)NNC(=O)c1cc(C)nc2ccc(C)cc12. The van der Waals surface area contributed by atoms with E-state index >= 15 is 0 Å². The lowest BCUT2D eigenvalue weighted by molar-refractivity contribution is -0.120. The zero-order valence-corrected chi connectivity index (χ0v) is 16.0. The van der Waals surface area contributed by atoms with Crippen LogP contribution in [-0.4, -0.2) is 30.5 Å². The van der Waals surface area contributed by atoms with E-state index in [0.717, 1.165) is 22.2 Å². The number of nitrogens with one attached hydrogen (secondary N) is 3. The Morgan fingerprint density at radius 2 is 1.82 bits per heavy atom. The lowest BCUT2D eigenvalue weighted by Crippen LogP contribution is -2.44. The molecule has 2 aromatic carbocycles. The van der Waals surface area contributed by atoms with Crippen molar-refractivity contribution in [2.75, 3.05) is 19.0 Å². The fourth-order valence-electron chi connectivity index (χ4n) is 2.86. The van der Waals surface area contributed by atoms with E-state index in [0.29, 0.717) is 17.0 Å². The normalized spacial score (nSPS) is 10.4. The minimum absolute atomic E-state index is 0.0180. The van der Waals surface area contributed by atoms with Crippen LogP contribution in [0, 0.1) is 13.8 Å². The molecule has 28 heavy (non-hydrogen) atoms. The van der Waals surface area contributed by atoms with Gasteiger partial charge in [-0.3, -0.25) is 25.4 Å². The first-order valence-electron chi connectivity index (χ1n) is 8.82. The molecule has 3 rings (SSSR count). The summed E-state index contributed by atoms with van der Waals surface area (Å²) in [5.74, 6) is -0.148. The summed E-state index contributed by atoms with van der Waals surface area (Å²) in [6, 6.07) is 14.7. The number of nitrogens with zero attached hydrogens (tertiary/aromatic N) is 1. The molecule has 0 fully saturated rings. The number of hydrogen-bond acceptors (Lipinski definition) is 5. The van der Waals surface area contributed by atoms with Gasteiger partial charge >= 0.3 is 0 Å². The second kappa shape index (κ2) is 8.39. The molecule has 2 amide bonds. The average Bonchev–Trinajstić information content (AvgIpc) is 2.70. The van der Waals surface area contributed by atoms with Crippen LogP contribution < -0.4 is 20.9 Å². The van der Waals surface area contributed by atoms with E-state index in [2.05, 4.69) is 21.2 Å². The predicted molar refractivity (Wildman–Crippen MR) is 108 cm³/mol. The van der Waals surface area contributed by atoms with Crippen LogP contribution >= 0.6 is 0 Å². The molecule has 0 radical (unpaired) electrons. The third kappa shape index (κ3) is 4.37. The summed E-state index contributed by atoms with van der Waals surface area (Å²) in [5, 5.41) is 3.72. The first-order chi connectivity index (χ1) is 13.5. The van der Waals surface area contributed by atoms with Crippen LogP contribution in [0.3, 0.4) is 0 Å². The molecule has 0 aliphatic rings. The molecule has 1 heterocycles. The Labute approximate surface area is 163 Å². The topological polar surface area (TPSA) is 92.4 Å². The number of fused-ring (bicyclic) bond motifs is 1. The number of aryl methyl sites for hydroxylation is 2. The van der Waals surface area contributed by atoms with E-state index < -0.39 is 5.91 Å². The quantitative estimate of drug-likeness (QED) is 0.594. The molecule has 0 aliphatic carbocycles. The number of ether oxygens (including phenoxy) is 1. The number of pyridine rings is 1. The highest BCUT2D eigenvalue weighted by molar-refractivity contribution is 6.06. The fraction of sp³-hybridized carbons (Fsp3) is 0.190. The summed E-state index contributed by atoms with van der Waals surface area (Å²) in [4.78, 5) is 29.1. The molecular formula is C21H22N4O3. The number of amides is 2. The molecular weight excluding hydrogens is 356 g/mol. The third-order valence-electron chi connectivity index (χ3n) is 4.20. The van der Waals surface area contributed by atoms with Crippen molar-refractivity contribution < 1.29 is 14.3 Å². The predicted octanol–water partition coefficient (Wildman–Crippen LogP) is 2.73. The van der Waals surface area contributed by atoms with Gasteiger partial charge in [-0.1, -0.05) is 23.8 Å². The van der Waals surface area contributed by atoms with Crippen molar-refractivity contribution in [3.63, 3.8) is 0 Å². The Morgan fingerprint density at radius 3 is 2.61 bits per heavy atom. The van der Waals surface area contributed by atoms with Crippen LogP contribution in [0.2, 0.25) is 0 Å². The highest BCUT2D eigenvalue weighted by Gasteiger charge is 2.13. The smallest absolute Gasteiger partial charge is 0.270 e. The van der Waals surface area contributed by atoms with Gasteiger partial charge in [0.15, 0.2) is 0 Å². The maximum atomic E-state index is 12.6. The van der Waals surface area contributed by atoms with Crippen LogP contribution in [0.25, 0.3) is 10.9 Å². The van der Waals surface area contributed by atoms with Crippen molar-refractivity contribution in [1.82, 2.24) is 15.8 Å². The van der Waals surface area contributed by atoms with Crippen molar-refractivity contribution in [2.45, 2.75) is 13.8 Å². The number of anilines is 1. The minimum atomic E-state index is -0.397. The summed E-state index contributed by atoms with van der Waals surface area (Å²) in [5.41, 5.74) is 8.53. The van der Waals surface area contributed by atoms with Crippen molar-refractivity contribution in [1.29, 1.82) is 0 Å². The molecule has 7 nitrogen and oxygen atoms in total. The van der Waals surface area contributed by atoms with Crippen LogP contribution in [0.5, 0.6) is 5.75 Å². The van der Waals surface area contributed by atoms with E-state index in [-0.39, 0.29) is 12.5 Å². The minimum Gasteiger partial charge on any atom is -0.495 e. The molecule has 0 unspecified atom stereocenters. The van der Waals surface area contributed by atoms with Gasteiger partial charge in [0.05, 0.1) is 30.4 Å². The van der Waals surface area contributed by atoms with Gasteiger partial charge in [0.1, 0.15) is 5.75 Å². The van der Waals surface area contributed by atoms with Gasteiger partial charge in [0.2, 0.25) is 0 Å². The molecule has 0 saturated carbocycles. The number of methoxy groups -OCH3 is 1. The van der Waals surface area contributed by atoms with E-state index in [1.165, 1.54) is 0 Å². The molecule has 144 valence electrons. The summed E-state index contributed by atoms with van der Waals surface area (Å²) < 4.78 is 5.23. The van der Waals surface area contributed by atoms with Gasteiger partial charge in [-0.25, -0.2) is 0 Å². The van der Waals surface area contributed by atoms with E-state index in [1.807, 2.05) is 44.2 Å². The lowest BCUT2D eigenvalue weighted by Gasteiger charge is -2.12. The van der Waals surface area contributed by atoms with Gasteiger partial charge in [-0.15, -0.1) is 0 Å². The first kappa shape index (κ1) is 19.2. The van der Waals surface area contributed by atoms with Crippen molar-refractivity contribution in [3.8, 4) is 5.75 Å². The van der Waals surface area contributed by atoms with E-state index in [1.54, 1.807) is 25.3 Å². The summed E-state index contributed by atoms with van der Waals surface area (Å²) >= 11 is 0. The number of hydrogen-bond donors (Lipinski definition) is 3. The van der Waals surface area contributed by atoms with E-state index in [4.69, 9.17) is 4.74 Å². The number of hydrazine groups is 1. The van der Waals surface area contributed by atoms with Gasteiger partial charge in [-0.2, -0.15) is 0 Å². The summed E-state index contributed by atoms with van der Waals surface area (Å²) in [6.07, 6.45) is 0. The molecule has 7 heteroatoms. The molecule has 3 aromatic rings. The Bertz CT molecular complexity index is 1030. The van der Waals surface area contributed by atoms with Crippen LogP contribution in [-0.2, 0) is 4.79 Å². The van der Waals surface area contributed by atoms with Gasteiger partial charge in [-0.05, 0) is 44.2 Å². The number of benzene rings is 2. The second-order valence-corrected chi connectivity index (χ2v) is 6.39. The molecule has 0 aliphatic heterocycles. The van der Waals surface area contributed by atoms with Gasteiger partial charge < -0.3 is 10.1 Å². The lowest BCUT2D eigenvalue weighted by atomic mass is 10.0. The maximum absolute atomic E-state index is 12.6. The van der Waals surface area contributed by atoms with Crippen molar-refractivity contribution >= 4 is 28.4 Å². The zero-order chi connectivity index (χ0) is 20.1. The largest absolute Gasteiger partial charge is 0.495 e. The molecule has 3 N–H and O–H groups in total. The molecule has 0 atom stereocenters. The molecule has 0 saturated heterocycles. The number of carbonyl (C=O) groups excluding carboxylic acids is 2. The Balaban J connectivity index is 1.65. The first-order valence-corrected chi connectivity index (χ1v) is 8.82. The fourth-order valence-corrected chi connectivity index (χ4v) is 2.86. The molecule has 1 aromatic heterocycles. The number of para-hydroxylation sites is 2. The second-order valence-electron chi connectivity index (χ2n) is 6.39. The Hall–Kier alpha value is -3.61. The number of rotatable bonds is 5. The van der Waals surface area contributed by atoms with E-state index in [9.17, 15) is 9.59 Å². The highest BCUT2D eigenvalue weighted by Crippen LogP contribution is 2.22. The molecule has 0 bridgehead atoms. The number of carbonyl (C=O) groups is 2. The standard InChI is InChI=1S/C21H22N4O3/c1-13-8-9-17-15(10-13)16(11-14(2)23-17)21(27)25-24-20(26)12-22-18-6-4-5-7-19(18)28-3/h4-11,22H,12H2,1-3H3,(H,24,26)(H,25,27). The van der Waals surface area contributed by atoms with Crippen molar-refractivity contribution in [2.24, 2.45) is 0 Å². The van der Waals surface area contributed by atoms with Crippen LogP contribution in [0.1, 0.15) is 21.6 Å². The average molecular weight is 378 g/mol. The number of aromatic nitrogens is 1. The summed E-state index contributed by atoms with van der Waals surface area (Å²) in [6.45, 7) is 3.76. The maximum Gasteiger partial charge on any atom is 0.270 e. The summed E-state index contributed by atoms with van der Waals surface area (Å²) in [7, 11) is 1.56. The zero-order valence-electron chi connectivity index (χ0n) is 16.0. The third-order valence-corrected chi connectivity index (χ3v) is 4.20. The van der Waals surface area contributed by atoms with Crippen LogP contribution in [0.15, 0.2) is 48.5 Å².